The average Bonchev–Trinajstić information content (AvgIpc) is 2.54. The maximum atomic E-state index is 5.25. The number of hydrogen-bond acceptors (Lipinski definition) is 3. The van der Waals surface area contributed by atoms with Crippen molar-refractivity contribution in [2.45, 2.75) is 0 Å². The standard InChI is InChI=1S/C8H5BrN2O/c9-8-11-5-7(12-8)6-1-3-10-4-2-6/h1-5H. The normalized spacial score (nSPS) is 10.1. The second-order valence-electron chi connectivity index (χ2n) is 2.21. The number of oxazole rings is 1. The minimum atomic E-state index is 0.495. The summed E-state index contributed by atoms with van der Waals surface area (Å²) in [7, 11) is 0. The molecule has 0 fully saturated rings. The highest BCUT2D eigenvalue weighted by molar-refractivity contribution is 9.10. The maximum Gasteiger partial charge on any atom is 0.264 e. The zero-order chi connectivity index (χ0) is 8.39. The van der Waals surface area contributed by atoms with Gasteiger partial charge in [0.2, 0.25) is 0 Å². The number of nitrogens with zero attached hydrogens (tertiary/aromatic N) is 2. The Bertz CT molecular complexity index is 372. The van der Waals surface area contributed by atoms with Crippen molar-refractivity contribution < 1.29 is 4.42 Å². The van der Waals surface area contributed by atoms with Crippen LogP contribution in [0.3, 0.4) is 0 Å². The first-order valence-corrected chi connectivity index (χ1v) is 4.17. The molecule has 0 atom stereocenters. The van der Waals surface area contributed by atoms with E-state index in [0.29, 0.717) is 4.80 Å². The fraction of sp³-hybridized carbons (Fsp3) is 0. The molecule has 2 aromatic rings. The highest BCUT2D eigenvalue weighted by atomic mass is 79.9. The van der Waals surface area contributed by atoms with Crippen LogP contribution in [0.4, 0.5) is 0 Å². The third-order valence-electron chi connectivity index (χ3n) is 1.44. The molecule has 2 heterocycles. The first-order valence-electron chi connectivity index (χ1n) is 3.38. The van der Waals surface area contributed by atoms with Gasteiger partial charge in [-0.25, -0.2) is 4.98 Å². The van der Waals surface area contributed by atoms with E-state index in [9.17, 15) is 0 Å². The Morgan fingerprint density at radius 2 is 2.00 bits per heavy atom. The summed E-state index contributed by atoms with van der Waals surface area (Å²) in [6.07, 6.45) is 5.09. The molecule has 0 aliphatic rings. The van der Waals surface area contributed by atoms with Gasteiger partial charge in [0, 0.05) is 33.9 Å². The van der Waals surface area contributed by atoms with E-state index >= 15 is 0 Å². The molecule has 12 heavy (non-hydrogen) atoms. The van der Waals surface area contributed by atoms with Gasteiger partial charge in [-0.2, -0.15) is 0 Å². The van der Waals surface area contributed by atoms with E-state index in [1.165, 1.54) is 0 Å². The lowest BCUT2D eigenvalue weighted by molar-refractivity contribution is 0.542. The van der Waals surface area contributed by atoms with Gasteiger partial charge >= 0.3 is 0 Å². The van der Waals surface area contributed by atoms with E-state index in [2.05, 4.69) is 25.9 Å². The first-order chi connectivity index (χ1) is 5.86. The lowest BCUT2D eigenvalue weighted by Gasteiger charge is -1.91. The molecule has 2 rings (SSSR count). The number of aromatic nitrogens is 2. The molecule has 0 saturated heterocycles. The van der Waals surface area contributed by atoms with E-state index in [4.69, 9.17) is 4.42 Å². The van der Waals surface area contributed by atoms with Gasteiger partial charge in [-0.15, -0.1) is 0 Å². The van der Waals surface area contributed by atoms with Gasteiger partial charge in [0.25, 0.3) is 4.80 Å². The van der Waals surface area contributed by atoms with Crippen molar-refractivity contribution in [2.24, 2.45) is 0 Å². The van der Waals surface area contributed by atoms with E-state index < -0.39 is 0 Å². The zero-order valence-corrected chi connectivity index (χ0v) is 7.65. The van der Waals surface area contributed by atoms with Crippen LogP contribution in [-0.4, -0.2) is 9.97 Å². The smallest absolute Gasteiger partial charge is 0.264 e. The van der Waals surface area contributed by atoms with Crippen molar-refractivity contribution in [3.63, 3.8) is 0 Å². The molecule has 0 bridgehead atoms. The second-order valence-corrected chi connectivity index (χ2v) is 2.89. The molecule has 3 nitrogen and oxygen atoms in total. The van der Waals surface area contributed by atoms with Crippen molar-refractivity contribution in [2.75, 3.05) is 0 Å². The molecule has 0 amide bonds. The van der Waals surface area contributed by atoms with E-state index in [1.807, 2.05) is 12.1 Å². The van der Waals surface area contributed by atoms with Crippen LogP contribution in [-0.2, 0) is 0 Å². The van der Waals surface area contributed by atoms with Crippen LogP contribution in [0.1, 0.15) is 0 Å². The summed E-state index contributed by atoms with van der Waals surface area (Å²) in [6.45, 7) is 0. The average molecular weight is 225 g/mol. The molecule has 0 aromatic carbocycles. The van der Waals surface area contributed by atoms with Crippen LogP contribution >= 0.6 is 15.9 Å². The van der Waals surface area contributed by atoms with Crippen molar-refractivity contribution >= 4 is 15.9 Å². The predicted octanol–water partition coefficient (Wildman–Crippen LogP) is 2.50. The van der Waals surface area contributed by atoms with Gasteiger partial charge in [0.1, 0.15) is 0 Å². The SMILES string of the molecule is Brc1ncc(-c2ccncc2)o1. The quantitative estimate of drug-likeness (QED) is 0.748. The van der Waals surface area contributed by atoms with Gasteiger partial charge in [-0.05, 0) is 12.1 Å². The largest absolute Gasteiger partial charge is 0.431 e. The minimum absolute atomic E-state index is 0.495. The second kappa shape index (κ2) is 3.06. The summed E-state index contributed by atoms with van der Waals surface area (Å²) in [4.78, 5) is 8.32. The van der Waals surface area contributed by atoms with Gasteiger partial charge in [0.05, 0.1) is 6.20 Å². The molecule has 0 aliphatic heterocycles. The third-order valence-corrected chi connectivity index (χ3v) is 1.81. The maximum absolute atomic E-state index is 5.25. The van der Waals surface area contributed by atoms with Crippen LogP contribution in [0.2, 0.25) is 0 Å². The Morgan fingerprint density at radius 1 is 1.25 bits per heavy atom. The number of rotatable bonds is 1. The van der Waals surface area contributed by atoms with E-state index in [0.717, 1.165) is 11.3 Å². The van der Waals surface area contributed by atoms with Crippen LogP contribution in [0.25, 0.3) is 11.3 Å². The Kier molecular flexibility index (Phi) is 1.91. The topological polar surface area (TPSA) is 38.9 Å². The molecule has 60 valence electrons. The zero-order valence-electron chi connectivity index (χ0n) is 6.07. The van der Waals surface area contributed by atoms with Crippen LogP contribution < -0.4 is 0 Å². The van der Waals surface area contributed by atoms with Crippen molar-refractivity contribution in [1.82, 2.24) is 9.97 Å². The number of halogens is 1. The molecule has 0 N–H and O–H groups in total. The fourth-order valence-corrected chi connectivity index (χ4v) is 1.18. The lowest BCUT2D eigenvalue weighted by atomic mass is 10.2. The van der Waals surface area contributed by atoms with Crippen LogP contribution in [0, 0.1) is 0 Å². The molecule has 0 aliphatic carbocycles. The Morgan fingerprint density at radius 3 is 2.58 bits per heavy atom. The molecule has 0 saturated carbocycles. The summed E-state index contributed by atoms with van der Waals surface area (Å²) in [6, 6.07) is 3.74. The highest BCUT2D eigenvalue weighted by Crippen LogP contribution is 2.21. The molecule has 4 heteroatoms. The van der Waals surface area contributed by atoms with E-state index in [1.54, 1.807) is 18.6 Å². The van der Waals surface area contributed by atoms with Gasteiger partial charge in [0.15, 0.2) is 5.76 Å². The molecule has 2 aromatic heterocycles. The van der Waals surface area contributed by atoms with Gasteiger partial charge in [-0.1, -0.05) is 0 Å². The molecule has 0 spiro atoms. The fourth-order valence-electron chi connectivity index (χ4n) is 0.902. The molecular weight excluding hydrogens is 220 g/mol. The Hall–Kier alpha value is -1.16. The number of hydrogen-bond donors (Lipinski definition) is 0. The lowest BCUT2D eigenvalue weighted by Crippen LogP contribution is -1.73. The highest BCUT2D eigenvalue weighted by Gasteiger charge is 2.02. The summed E-state index contributed by atoms with van der Waals surface area (Å²) in [5.41, 5.74) is 0.975. The van der Waals surface area contributed by atoms with Crippen molar-refractivity contribution in [3.05, 3.63) is 35.5 Å². The van der Waals surface area contributed by atoms with Gasteiger partial charge < -0.3 is 4.42 Å². The molecule has 0 unspecified atom stereocenters. The first kappa shape index (κ1) is 7.49. The van der Waals surface area contributed by atoms with Crippen molar-refractivity contribution in [3.8, 4) is 11.3 Å². The molecule has 0 radical (unpaired) electrons. The number of pyridine rings is 1. The molecular formula is C8H5BrN2O. The Labute approximate surface area is 77.6 Å². The van der Waals surface area contributed by atoms with E-state index in [-0.39, 0.29) is 0 Å². The van der Waals surface area contributed by atoms with Crippen LogP contribution in [0.5, 0.6) is 0 Å². The summed E-state index contributed by atoms with van der Waals surface area (Å²) >= 11 is 3.14. The monoisotopic (exact) mass is 224 g/mol. The van der Waals surface area contributed by atoms with Crippen molar-refractivity contribution in [1.29, 1.82) is 0 Å². The predicted molar refractivity (Wildman–Crippen MR) is 47.4 cm³/mol. The summed E-state index contributed by atoms with van der Waals surface area (Å²) in [5, 5.41) is 0. The summed E-state index contributed by atoms with van der Waals surface area (Å²) < 4.78 is 5.25. The summed E-state index contributed by atoms with van der Waals surface area (Å²) in [5.74, 6) is 0.740. The minimum Gasteiger partial charge on any atom is -0.431 e. The third kappa shape index (κ3) is 1.38. The van der Waals surface area contributed by atoms with Gasteiger partial charge in [-0.3, -0.25) is 4.98 Å². The van der Waals surface area contributed by atoms with Crippen LogP contribution in [0.15, 0.2) is 39.9 Å². The Balaban J connectivity index is 2.45.